The number of fused-ring (bicyclic) bond motifs is 1. The van der Waals surface area contributed by atoms with Crippen LogP contribution in [0, 0.1) is 6.92 Å². The van der Waals surface area contributed by atoms with E-state index in [1.54, 1.807) is 7.11 Å². The second-order valence-electron chi connectivity index (χ2n) is 4.00. The molecule has 1 heterocycles. The van der Waals surface area contributed by atoms with E-state index in [2.05, 4.69) is 29.8 Å². The summed E-state index contributed by atoms with van der Waals surface area (Å²) in [5.74, 6) is 0.933. The van der Waals surface area contributed by atoms with Crippen LogP contribution >= 0.6 is 0 Å². The molecule has 16 heavy (non-hydrogen) atoms. The molecule has 0 spiro atoms. The van der Waals surface area contributed by atoms with Gasteiger partial charge in [0.15, 0.2) is 0 Å². The molecule has 0 aliphatic heterocycles. The number of nitrogens with zero attached hydrogens (tertiary/aromatic N) is 1. The fourth-order valence-electron chi connectivity index (χ4n) is 2.05. The first-order valence-electron chi connectivity index (χ1n) is 5.60. The van der Waals surface area contributed by atoms with Crippen molar-refractivity contribution in [1.82, 2.24) is 4.57 Å². The molecule has 0 radical (unpaired) electrons. The Labute approximate surface area is 95.8 Å². The van der Waals surface area contributed by atoms with E-state index in [4.69, 9.17) is 10.5 Å². The van der Waals surface area contributed by atoms with E-state index in [0.29, 0.717) is 6.54 Å². The molecule has 0 aliphatic rings. The van der Waals surface area contributed by atoms with Gasteiger partial charge >= 0.3 is 0 Å². The van der Waals surface area contributed by atoms with E-state index < -0.39 is 0 Å². The Kier molecular flexibility index (Phi) is 3.15. The van der Waals surface area contributed by atoms with Crippen LogP contribution in [0.15, 0.2) is 24.4 Å². The van der Waals surface area contributed by atoms with E-state index in [1.165, 1.54) is 16.5 Å². The number of ether oxygens (including phenoxy) is 1. The third-order valence-corrected chi connectivity index (χ3v) is 2.93. The third-order valence-electron chi connectivity index (χ3n) is 2.93. The quantitative estimate of drug-likeness (QED) is 0.855. The lowest BCUT2D eigenvalue weighted by Crippen LogP contribution is -2.05. The predicted octanol–water partition coefficient (Wildman–Crippen LogP) is 2.31. The lowest BCUT2D eigenvalue weighted by Gasteiger charge is -2.09. The second-order valence-corrected chi connectivity index (χ2v) is 4.00. The SMILES string of the molecule is COc1ccc(C)c2ccn(CCCN)c12. The summed E-state index contributed by atoms with van der Waals surface area (Å²) in [5.41, 5.74) is 8.00. The van der Waals surface area contributed by atoms with E-state index in [1.807, 2.05) is 6.07 Å². The molecule has 3 heteroatoms. The molecule has 0 saturated heterocycles. The Morgan fingerprint density at radius 2 is 2.12 bits per heavy atom. The Hall–Kier alpha value is -1.48. The van der Waals surface area contributed by atoms with Crippen LogP contribution in [0.5, 0.6) is 5.75 Å². The summed E-state index contributed by atoms with van der Waals surface area (Å²) in [6.45, 7) is 3.78. The number of benzene rings is 1. The standard InChI is InChI=1S/C13H18N2O/c1-10-4-5-12(16-2)13-11(10)6-9-15(13)8-3-7-14/h4-6,9H,3,7-8,14H2,1-2H3. The average Bonchev–Trinajstić information content (AvgIpc) is 2.72. The smallest absolute Gasteiger partial charge is 0.143 e. The highest BCUT2D eigenvalue weighted by Crippen LogP contribution is 2.29. The summed E-state index contributed by atoms with van der Waals surface area (Å²) in [5, 5.41) is 1.26. The number of nitrogens with two attached hydrogens (primary N) is 1. The number of rotatable bonds is 4. The minimum absolute atomic E-state index is 0.716. The number of methoxy groups -OCH3 is 1. The molecule has 1 aromatic carbocycles. The van der Waals surface area contributed by atoms with Crippen LogP contribution in [0.3, 0.4) is 0 Å². The first-order valence-corrected chi connectivity index (χ1v) is 5.60. The molecular formula is C13H18N2O. The summed E-state index contributed by atoms with van der Waals surface area (Å²) in [6, 6.07) is 6.26. The van der Waals surface area contributed by atoms with E-state index in [-0.39, 0.29) is 0 Å². The molecule has 0 fully saturated rings. The third kappa shape index (κ3) is 1.78. The van der Waals surface area contributed by atoms with Gasteiger partial charge in [-0.2, -0.15) is 0 Å². The van der Waals surface area contributed by atoms with Crippen molar-refractivity contribution in [2.75, 3.05) is 13.7 Å². The van der Waals surface area contributed by atoms with Gasteiger partial charge in [-0.3, -0.25) is 0 Å². The summed E-state index contributed by atoms with van der Waals surface area (Å²) < 4.78 is 7.63. The molecule has 1 aromatic heterocycles. The van der Waals surface area contributed by atoms with Gasteiger partial charge in [0.25, 0.3) is 0 Å². The van der Waals surface area contributed by atoms with Crippen molar-refractivity contribution in [1.29, 1.82) is 0 Å². The van der Waals surface area contributed by atoms with E-state index >= 15 is 0 Å². The zero-order valence-corrected chi connectivity index (χ0v) is 9.86. The molecule has 2 aromatic rings. The molecule has 86 valence electrons. The van der Waals surface area contributed by atoms with Gasteiger partial charge in [-0.15, -0.1) is 0 Å². The summed E-state index contributed by atoms with van der Waals surface area (Å²) in [4.78, 5) is 0. The van der Waals surface area contributed by atoms with Gasteiger partial charge < -0.3 is 15.0 Å². The van der Waals surface area contributed by atoms with Gasteiger partial charge in [0.05, 0.1) is 12.6 Å². The maximum absolute atomic E-state index is 5.55. The molecule has 2 N–H and O–H groups in total. The normalized spacial score (nSPS) is 10.9. The van der Waals surface area contributed by atoms with Gasteiger partial charge in [0.2, 0.25) is 0 Å². The zero-order valence-electron chi connectivity index (χ0n) is 9.86. The molecule has 0 bridgehead atoms. The van der Waals surface area contributed by atoms with Crippen molar-refractivity contribution in [3.05, 3.63) is 30.0 Å². The van der Waals surface area contributed by atoms with Gasteiger partial charge in [0, 0.05) is 18.1 Å². The minimum Gasteiger partial charge on any atom is -0.495 e. The molecule has 3 nitrogen and oxygen atoms in total. The monoisotopic (exact) mass is 218 g/mol. The number of aromatic nitrogens is 1. The van der Waals surface area contributed by atoms with Crippen molar-refractivity contribution in [3.8, 4) is 5.75 Å². The van der Waals surface area contributed by atoms with Crippen LogP contribution in [-0.4, -0.2) is 18.2 Å². The first kappa shape index (κ1) is 11.0. The van der Waals surface area contributed by atoms with Gasteiger partial charge in [0.1, 0.15) is 5.75 Å². The molecule has 0 saturated carbocycles. The van der Waals surface area contributed by atoms with E-state index in [0.717, 1.165) is 18.7 Å². The largest absolute Gasteiger partial charge is 0.495 e. The van der Waals surface area contributed by atoms with Crippen molar-refractivity contribution in [2.45, 2.75) is 19.9 Å². The molecule has 2 rings (SSSR count). The van der Waals surface area contributed by atoms with Crippen molar-refractivity contribution in [2.24, 2.45) is 5.73 Å². The van der Waals surface area contributed by atoms with Crippen LogP contribution in [-0.2, 0) is 6.54 Å². The van der Waals surface area contributed by atoms with E-state index in [9.17, 15) is 0 Å². The van der Waals surface area contributed by atoms with Crippen LogP contribution in [0.25, 0.3) is 10.9 Å². The summed E-state index contributed by atoms with van der Waals surface area (Å²) >= 11 is 0. The minimum atomic E-state index is 0.716. The molecule has 0 unspecified atom stereocenters. The highest BCUT2D eigenvalue weighted by Gasteiger charge is 2.08. The highest BCUT2D eigenvalue weighted by molar-refractivity contribution is 5.88. The van der Waals surface area contributed by atoms with Crippen molar-refractivity contribution >= 4 is 10.9 Å². The van der Waals surface area contributed by atoms with Crippen LogP contribution in [0.1, 0.15) is 12.0 Å². The van der Waals surface area contributed by atoms with Crippen LogP contribution in [0.2, 0.25) is 0 Å². The van der Waals surface area contributed by atoms with Gasteiger partial charge in [-0.05, 0) is 37.6 Å². The molecule has 0 amide bonds. The Balaban J connectivity index is 2.54. The fourth-order valence-corrected chi connectivity index (χ4v) is 2.05. The van der Waals surface area contributed by atoms with Crippen molar-refractivity contribution < 1.29 is 4.74 Å². The first-order chi connectivity index (χ1) is 7.77. The topological polar surface area (TPSA) is 40.2 Å². The predicted molar refractivity (Wildman–Crippen MR) is 66.9 cm³/mol. The molecule has 0 aliphatic carbocycles. The number of hydrogen-bond acceptors (Lipinski definition) is 2. The maximum Gasteiger partial charge on any atom is 0.143 e. The van der Waals surface area contributed by atoms with Crippen LogP contribution < -0.4 is 10.5 Å². The molecular weight excluding hydrogens is 200 g/mol. The Bertz CT molecular complexity index is 488. The van der Waals surface area contributed by atoms with Gasteiger partial charge in [-0.1, -0.05) is 6.07 Å². The van der Waals surface area contributed by atoms with Crippen molar-refractivity contribution in [3.63, 3.8) is 0 Å². The van der Waals surface area contributed by atoms with Gasteiger partial charge in [-0.25, -0.2) is 0 Å². The van der Waals surface area contributed by atoms with Crippen LogP contribution in [0.4, 0.5) is 0 Å². The second kappa shape index (κ2) is 4.58. The summed E-state index contributed by atoms with van der Waals surface area (Å²) in [6.07, 6.45) is 3.09. The Morgan fingerprint density at radius 3 is 2.81 bits per heavy atom. The lowest BCUT2D eigenvalue weighted by molar-refractivity contribution is 0.417. The Morgan fingerprint density at radius 1 is 1.31 bits per heavy atom. The fraction of sp³-hybridized carbons (Fsp3) is 0.385. The zero-order chi connectivity index (χ0) is 11.5. The lowest BCUT2D eigenvalue weighted by atomic mass is 10.1. The number of aryl methyl sites for hydroxylation is 2. The number of hydrogen-bond donors (Lipinski definition) is 1. The maximum atomic E-state index is 5.55. The highest BCUT2D eigenvalue weighted by atomic mass is 16.5. The average molecular weight is 218 g/mol. The molecule has 0 atom stereocenters. The summed E-state index contributed by atoms with van der Waals surface area (Å²) in [7, 11) is 1.71.